The third-order valence-electron chi connectivity index (χ3n) is 3.55. The standard InChI is InChI=1S/C14H18N2O8/c1-7(18)15-11-13(20)12(19)10(6-17)24-14(11)23-9-4-2-8(3-5-9)16(21)22/h2-5,10-14,17,19-20H,6H2,1H3,(H,15,18)/t10-,11-,12-,13+,14+/m0/s1. The summed E-state index contributed by atoms with van der Waals surface area (Å²) in [7, 11) is 0. The van der Waals surface area contributed by atoms with E-state index in [0.717, 1.165) is 0 Å². The molecule has 0 saturated carbocycles. The number of nitro groups is 1. The van der Waals surface area contributed by atoms with Gasteiger partial charge in [0.05, 0.1) is 11.5 Å². The maximum Gasteiger partial charge on any atom is 0.269 e. The lowest BCUT2D eigenvalue weighted by atomic mass is 9.97. The summed E-state index contributed by atoms with van der Waals surface area (Å²) >= 11 is 0. The van der Waals surface area contributed by atoms with Crippen LogP contribution in [0, 0.1) is 10.1 Å². The van der Waals surface area contributed by atoms with Crippen molar-refractivity contribution < 1.29 is 34.5 Å². The highest BCUT2D eigenvalue weighted by Gasteiger charge is 2.46. The molecule has 5 atom stereocenters. The zero-order valence-electron chi connectivity index (χ0n) is 12.7. The van der Waals surface area contributed by atoms with Crippen molar-refractivity contribution in [3.63, 3.8) is 0 Å². The van der Waals surface area contributed by atoms with E-state index in [1.165, 1.54) is 31.2 Å². The molecule has 10 heteroatoms. The Morgan fingerprint density at radius 2 is 1.96 bits per heavy atom. The monoisotopic (exact) mass is 342 g/mol. The van der Waals surface area contributed by atoms with Crippen molar-refractivity contribution in [1.82, 2.24) is 5.32 Å². The highest BCUT2D eigenvalue weighted by molar-refractivity contribution is 5.73. The van der Waals surface area contributed by atoms with E-state index in [1.54, 1.807) is 0 Å². The summed E-state index contributed by atoms with van der Waals surface area (Å²) in [6, 6.07) is 4.02. The summed E-state index contributed by atoms with van der Waals surface area (Å²) in [6.07, 6.45) is -5.15. The van der Waals surface area contributed by atoms with Gasteiger partial charge in [0.2, 0.25) is 12.2 Å². The van der Waals surface area contributed by atoms with Gasteiger partial charge in [0.15, 0.2) is 0 Å². The molecule has 0 aliphatic carbocycles. The molecule has 1 aliphatic heterocycles. The summed E-state index contributed by atoms with van der Waals surface area (Å²) in [6.45, 7) is 0.658. The molecular formula is C14H18N2O8. The van der Waals surface area contributed by atoms with Crippen LogP contribution in [0.2, 0.25) is 0 Å². The van der Waals surface area contributed by atoms with E-state index in [0.29, 0.717) is 0 Å². The molecule has 2 rings (SSSR count). The number of hydrogen-bond acceptors (Lipinski definition) is 8. The predicted octanol–water partition coefficient (Wildman–Crippen LogP) is -1.08. The first-order valence-corrected chi connectivity index (χ1v) is 7.14. The Hall–Kier alpha value is -2.27. The second-order valence-electron chi connectivity index (χ2n) is 5.30. The lowest BCUT2D eigenvalue weighted by Gasteiger charge is -2.42. The summed E-state index contributed by atoms with van der Waals surface area (Å²) in [5, 5.41) is 42.3. The number of nitrogens with zero attached hydrogens (tertiary/aromatic N) is 1. The first kappa shape index (κ1) is 18.1. The van der Waals surface area contributed by atoms with Crippen molar-refractivity contribution in [3.05, 3.63) is 34.4 Å². The second kappa shape index (κ2) is 7.53. The van der Waals surface area contributed by atoms with Crippen molar-refractivity contribution in [1.29, 1.82) is 0 Å². The van der Waals surface area contributed by atoms with Crippen molar-refractivity contribution in [2.45, 2.75) is 37.6 Å². The van der Waals surface area contributed by atoms with Crippen LogP contribution in [0.15, 0.2) is 24.3 Å². The van der Waals surface area contributed by atoms with Gasteiger partial charge in [-0.1, -0.05) is 0 Å². The van der Waals surface area contributed by atoms with E-state index in [1.807, 2.05) is 0 Å². The fourth-order valence-electron chi connectivity index (χ4n) is 2.35. The Labute approximate surface area is 136 Å². The molecule has 1 amide bonds. The van der Waals surface area contributed by atoms with Gasteiger partial charge in [0, 0.05) is 19.1 Å². The number of carbonyl (C=O) groups is 1. The number of aliphatic hydroxyl groups is 3. The van der Waals surface area contributed by atoms with Crippen LogP contribution < -0.4 is 10.1 Å². The quantitative estimate of drug-likeness (QED) is 0.389. The Morgan fingerprint density at radius 3 is 2.46 bits per heavy atom. The largest absolute Gasteiger partial charge is 0.463 e. The number of carbonyl (C=O) groups excluding carboxylic acids is 1. The molecule has 10 nitrogen and oxygen atoms in total. The maximum absolute atomic E-state index is 11.3. The minimum atomic E-state index is -1.43. The number of hydrogen-bond donors (Lipinski definition) is 4. The maximum atomic E-state index is 11.3. The fraction of sp³-hybridized carbons (Fsp3) is 0.500. The fourth-order valence-corrected chi connectivity index (χ4v) is 2.35. The van der Waals surface area contributed by atoms with Crippen molar-refractivity contribution in [2.75, 3.05) is 6.61 Å². The first-order valence-electron chi connectivity index (χ1n) is 7.14. The van der Waals surface area contributed by atoms with E-state index in [4.69, 9.17) is 9.47 Å². The smallest absolute Gasteiger partial charge is 0.269 e. The Bertz CT molecular complexity index is 593. The Balaban J connectivity index is 2.19. The molecule has 132 valence electrons. The lowest BCUT2D eigenvalue weighted by molar-refractivity contribution is -0.384. The summed E-state index contributed by atoms with van der Waals surface area (Å²) in [4.78, 5) is 21.4. The van der Waals surface area contributed by atoms with Gasteiger partial charge in [0.25, 0.3) is 5.69 Å². The summed E-state index contributed by atoms with van der Waals surface area (Å²) in [5.74, 6) is -0.282. The van der Waals surface area contributed by atoms with Gasteiger partial charge in [-0.25, -0.2) is 0 Å². The number of amides is 1. The van der Waals surface area contributed by atoms with Crippen LogP contribution in [0.5, 0.6) is 5.75 Å². The number of nitrogens with one attached hydrogen (secondary N) is 1. The third-order valence-corrected chi connectivity index (χ3v) is 3.55. The van der Waals surface area contributed by atoms with Crippen LogP contribution >= 0.6 is 0 Å². The van der Waals surface area contributed by atoms with Gasteiger partial charge in [0.1, 0.15) is 30.1 Å². The van der Waals surface area contributed by atoms with E-state index in [-0.39, 0.29) is 11.4 Å². The molecule has 1 aromatic carbocycles. The number of rotatable bonds is 5. The molecule has 0 radical (unpaired) electrons. The zero-order valence-corrected chi connectivity index (χ0v) is 12.7. The SMILES string of the molecule is CC(=O)N[C@@H]1[C@H](Oc2ccc([N+](=O)[O-])cc2)O[C@@H](CO)[C@H](O)[C@@H]1O. The van der Waals surface area contributed by atoms with Crippen LogP contribution in [0.4, 0.5) is 5.69 Å². The average Bonchev–Trinajstić information content (AvgIpc) is 2.54. The summed E-state index contributed by atoms with van der Waals surface area (Å²) in [5.41, 5.74) is -0.131. The topological polar surface area (TPSA) is 151 Å². The number of nitro benzene ring substituents is 1. The van der Waals surface area contributed by atoms with Gasteiger partial charge < -0.3 is 30.1 Å². The van der Waals surface area contributed by atoms with Crippen LogP contribution in [-0.4, -0.2) is 63.4 Å². The van der Waals surface area contributed by atoms with Gasteiger partial charge in [-0.15, -0.1) is 0 Å². The molecule has 1 fully saturated rings. The highest BCUT2D eigenvalue weighted by Crippen LogP contribution is 2.25. The van der Waals surface area contributed by atoms with Crippen molar-refractivity contribution in [2.24, 2.45) is 0 Å². The number of aliphatic hydroxyl groups excluding tert-OH is 3. The predicted molar refractivity (Wildman–Crippen MR) is 79.1 cm³/mol. The number of benzene rings is 1. The molecule has 1 aliphatic rings. The third kappa shape index (κ3) is 3.97. The molecule has 1 heterocycles. The first-order chi connectivity index (χ1) is 11.3. The average molecular weight is 342 g/mol. The van der Waals surface area contributed by atoms with Gasteiger partial charge >= 0.3 is 0 Å². The molecular weight excluding hydrogens is 324 g/mol. The highest BCUT2D eigenvalue weighted by atomic mass is 16.7. The molecule has 1 aromatic rings. The number of non-ortho nitro benzene ring substituents is 1. The van der Waals surface area contributed by atoms with Crippen LogP contribution in [0.1, 0.15) is 6.92 Å². The molecule has 0 unspecified atom stereocenters. The minimum absolute atomic E-state index is 0.131. The van der Waals surface area contributed by atoms with Crippen LogP contribution in [0.3, 0.4) is 0 Å². The molecule has 0 bridgehead atoms. The molecule has 1 saturated heterocycles. The molecule has 24 heavy (non-hydrogen) atoms. The van der Waals surface area contributed by atoms with Gasteiger partial charge in [-0.3, -0.25) is 14.9 Å². The summed E-state index contributed by atoms with van der Waals surface area (Å²) < 4.78 is 10.9. The van der Waals surface area contributed by atoms with E-state index >= 15 is 0 Å². The Morgan fingerprint density at radius 1 is 1.33 bits per heavy atom. The molecule has 0 spiro atoms. The molecule has 0 aromatic heterocycles. The zero-order chi connectivity index (χ0) is 17.9. The second-order valence-corrected chi connectivity index (χ2v) is 5.30. The minimum Gasteiger partial charge on any atom is -0.463 e. The van der Waals surface area contributed by atoms with Crippen LogP contribution in [0.25, 0.3) is 0 Å². The van der Waals surface area contributed by atoms with Gasteiger partial charge in [-0.05, 0) is 12.1 Å². The number of ether oxygens (including phenoxy) is 2. The van der Waals surface area contributed by atoms with E-state index in [2.05, 4.69) is 5.32 Å². The molecule has 4 N–H and O–H groups in total. The van der Waals surface area contributed by atoms with Crippen LogP contribution in [-0.2, 0) is 9.53 Å². The van der Waals surface area contributed by atoms with Gasteiger partial charge in [-0.2, -0.15) is 0 Å². The normalized spacial score (nSPS) is 29.8. The van der Waals surface area contributed by atoms with Crippen molar-refractivity contribution >= 4 is 11.6 Å². The lowest BCUT2D eigenvalue weighted by Crippen LogP contribution is -2.65. The van der Waals surface area contributed by atoms with E-state index in [9.17, 15) is 30.2 Å². The van der Waals surface area contributed by atoms with E-state index < -0.39 is 48.1 Å². The van der Waals surface area contributed by atoms with Crippen molar-refractivity contribution in [3.8, 4) is 5.75 Å². The Kier molecular flexibility index (Phi) is 5.67.